The highest BCUT2D eigenvalue weighted by Crippen LogP contribution is 2.53. The molecule has 2 aromatic heterocycles. The second-order valence-corrected chi connectivity index (χ2v) is 9.78. The molecule has 0 bridgehead atoms. The van der Waals surface area contributed by atoms with Crippen LogP contribution in [0.25, 0.3) is 20.9 Å². The number of nitrogens with two attached hydrogens (primary N) is 1. The Kier molecular flexibility index (Phi) is 5.99. The van der Waals surface area contributed by atoms with Gasteiger partial charge >= 0.3 is 18.3 Å². The number of pyridine rings is 1. The van der Waals surface area contributed by atoms with Crippen LogP contribution in [0.5, 0.6) is 0 Å². The largest absolute Gasteiger partial charge is 0.491 e. The third-order valence-electron chi connectivity index (χ3n) is 6.36. The van der Waals surface area contributed by atoms with Gasteiger partial charge in [0.1, 0.15) is 21.2 Å². The Bertz CT molecular complexity index is 1530. The lowest BCUT2D eigenvalue weighted by Crippen LogP contribution is -2.55. The van der Waals surface area contributed by atoms with Crippen molar-refractivity contribution < 1.29 is 40.3 Å². The van der Waals surface area contributed by atoms with Crippen LogP contribution < -0.4 is 5.73 Å². The number of fused-ring (bicyclic) bond motifs is 1. The number of thiazole rings is 1. The van der Waals surface area contributed by atoms with Crippen molar-refractivity contribution >= 4 is 27.7 Å². The zero-order chi connectivity index (χ0) is 27.5. The van der Waals surface area contributed by atoms with Gasteiger partial charge in [-0.1, -0.05) is 47.7 Å². The van der Waals surface area contributed by atoms with Gasteiger partial charge in [-0.05, 0) is 42.7 Å². The fraction of sp³-hybridized carbons (Fsp3) is 0.240. The van der Waals surface area contributed by atoms with Crippen molar-refractivity contribution in [3.05, 3.63) is 83.3 Å². The van der Waals surface area contributed by atoms with Gasteiger partial charge in [0, 0.05) is 16.5 Å². The number of carbonyl (C=O) groups excluding carboxylic acids is 1. The van der Waals surface area contributed by atoms with Crippen molar-refractivity contribution in [1.82, 2.24) is 9.97 Å². The average molecular weight is 555 g/mol. The molecule has 1 atom stereocenters. The first-order valence-corrected chi connectivity index (χ1v) is 11.9. The molecule has 2 aromatic carbocycles. The van der Waals surface area contributed by atoms with Crippen LogP contribution in [0.1, 0.15) is 29.7 Å². The number of hydrogen-bond donors (Lipinski definition) is 1. The van der Waals surface area contributed by atoms with Gasteiger partial charge in [0.25, 0.3) is 5.72 Å². The van der Waals surface area contributed by atoms with E-state index in [0.717, 1.165) is 41.5 Å². The van der Waals surface area contributed by atoms with Crippen LogP contribution >= 0.6 is 11.3 Å². The highest BCUT2D eigenvalue weighted by molar-refractivity contribution is 7.21. The molecule has 1 fully saturated rings. The summed E-state index contributed by atoms with van der Waals surface area (Å²) in [6, 6.07) is 15.1. The molecular formula is C25H16F7N3O2S. The molecule has 0 spiro atoms. The quantitative estimate of drug-likeness (QED) is 0.176. The van der Waals surface area contributed by atoms with Crippen LogP contribution in [0.2, 0.25) is 0 Å². The zero-order valence-corrected chi connectivity index (χ0v) is 19.8. The standard InChI is InChI=1S/C25H16F7N3O2S/c26-16-12-14(23(33,25(30,31)32)37-21(36)24(27,28)29)6-7-15(16)19-34-17-8-9-18(35-20(17)38-19)22(10-11-22)13-4-2-1-3-5-13/h1-9,12H,10-11,33H2. The molecule has 1 unspecified atom stereocenters. The maximum atomic E-state index is 15.0. The topological polar surface area (TPSA) is 78.1 Å². The summed E-state index contributed by atoms with van der Waals surface area (Å²) in [4.78, 5) is 20.6. The van der Waals surface area contributed by atoms with Gasteiger partial charge in [0.05, 0.1) is 5.69 Å². The predicted octanol–water partition coefficient (Wildman–Crippen LogP) is 6.36. The van der Waals surface area contributed by atoms with E-state index in [9.17, 15) is 31.1 Å². The first kappa shape index (κ1) is 26.0. The predicted molar refractivity (Wildman–Crippen MR) is 123 cm³/mol. The Morgan fingerprint density at radius 1 is 0.947 bits per heavy atom. The van der Waals surface area contributed by atoms with E-state index in [1.54, 1.807) is 6.07 Å². The molecule has 38 heavy (non-hydrogen) atoms. The maximum absolute atomic E-state index is 15.0. The summed E-state index contributed by atoms with van der Waals surface area (Å²) < 4.78 is 97.1. The normalized spacial score (nSPS) is 16.7. The molecule has 0 amide bonds. The van der Waals surface area contributed by atoms with E-state index in [1.165, 1.54) is 0 Å². The molecule has 0 radical (unpaired) electrons. The fourth-order valence-electron chi connectivity index (χ4n) is 4.18. The molecule has 1 aliphatic rings. The molecular weight excluding hydrogens is 539 g/mol. The number of carbonyl (C=O) groups is 1. The van der Waals surface area contributed by atoms with Crippen LogP contribution in [-0.4, -0.2) is 28.3 Å². The molecule has 2 N–H and O–H groups in total. The monoisotopic (exact) mass is 555 g/mol. The smallest absolute Gasteiger partial charge is 0.423 e. The summed E-state index contributed by atoms with van der Waals surface area (Å²) >= 11 is 1.00. The number of halogens is 7. The van der Waals surface area contributed by atoms with Crippen molar-refractivity contribution in [1.29, 1.82) is 0 Å². The summed E-state index contributed by atoms with van der Waals surface area (Å²) in [5.41, 5.74) is 1.49. The molecule has 5 rings (SSSR count). The maximum Gasteiger partial charge on any atom is 0.491 e. The first-order chi connectivity index (χ1) is 17.7. The number of aromatic nitrogens is 2. The Morgan fingerprint density at radius 2 is 1.63 bits per heavy atom. The van der Waals surface area contributed by atoms with Crippen molar-refractivity contribution in [2.24, 2.45) is 5.73 Å². The number of rotatable bonds is 5. The molecule has 0 saturated heterocycles. The molecule has 4 aromatic rings. The number of nitrogens with zero attached hydrogens (tertiary/aromatic N) is 2. The SMILES string of the molecule is NC(OC(=O)C(F)(F)F)(c1ccc(-c2nc3ccc(C4(c5ccccc5)CC4)nc3s2)c(F)c1)C(F)(F)F. The number of ether oxygens (including phenoxy) is 1. The van der Waals surface area contributed by atoms with Gasteiger partial charge in [0.15, 0.2) is 0 Å². The lowest BCUT2D eigenvalue weighted by Gasteiger charge is -2.31. The summed E-state index contributed by atoms with van der Waals surface area (Å²) in [5.74, 6) is -4.43. The van der Waals surface area contributed by atoms with Crippen LogP contribution in [-0.2, 0) is 20.7 Å². The van der Waals surface area contributed by atoms with E-state index in [1.807, 2.05) is 36.4 Å². The molecule has 5 nitrogen and oxygen atoms in total. The first-order valence-electron chi connectivity index (χ1n) is 11.0. The van der Waals surface area contributed by atoms with Gasteiger partial charge < -0.3 is 4.74 Å². The van der Waals surface area contributed by atoms with Crippen LogP contribution in [0, 0.1) is 5.82 Å². The molecule has 13 heteroatoms. The number of esters is 1. The molecule has 2 heterocycles. The van der Waals surface area contributed by atoms with Crippen molar-refractivity contribution in [2.45, 2.75) is 36.3 Å². The lowest BCUT2D eigenvalue weighted by molar-refractivity contribution is -0.289. The van der Waals surface area contributed by atoms with E-state index >= 15 is 4.39 Å². The van der Waals surface area contributed by atoms with Gasteiger partial charge in [0.2, 0.25) is 0 Å². The molecule has 0 aliphatic heterocycles. The number of benzene rings is 2. The number of alkyl halides is 6. The zero-order valence-electron chi connectivity index (χ0n) is 19.0. The second kappa shape index (κ2) is 8.73. The third kappa shape index (κ3) is 4.39. The van der Waals surface area contributed by atoms with Crippen molar-refractivity contribution in [2.75, 3.05) is 0 Å². The summed E-state index contributed by atoms with van der Waals surface area (Å²) in [5, 5.41) is 0.0835. The summed E-state index contributed by atoms with van der Waals surface area (Å²) in [7, 11) is 0. The summed E-state index contributed by atoms with van der Waals surface area (Å²) in [6.45, 7) is 0. The Hall–Kier alpha value is -3.58. The highest BCUT2D eigenvalue weighted by Gasteiger charge is 2.60. The second-order valence-electron chi connectivity index (χ2n) is 8.80. The lowest BCUT2D eigenvalue weighted by atomic mass is 9.92. The fourth-order valence-corrected chi connectivity index (χ4v) is 5.14. The average Bonchev–Trinajstić information content (AvgIpc) is 3.56. The molecule has 1 aliphatic carbocycles. The minimum Gasteiger partial charge on any atom is -0.423 e. The van der Waals surface area contributed by atoms with Gasteiger partial charge in [-0.15, -0.1) is 0 Å². The van der Waals surface area contributed by atoms with Crippen LogP contribution in [0.15, 0.2) is 60.7 Å². The van der Waals surface area contributed by atoms with Gasteiger partial charge in [-0.25, -0.2) is 19.2 Å². The van der Waals surface area contributed by atoms with E-state index < -0.39 is 35.4 Å². The van der Waals surface area contributed by atoms with Crippen molar-refractivity contribution in [3.8, 4) is 10.6 Å². The van der Waals surface area contributed by atoms with E-state index in [0.29, 0.717) is 16.4 Å². The Balaban J connectivity index is 1.49. The minimum absolute atomic E-state index is 0.0835. The van der Waals surface area contributed by atoms with E-state index in [-0.39, 0.29) is 22.1 Å². The van der Waals surface area contributed by atoms with E-state index in [2.05, 4.69) is 9.72 Å². The van der Waals surface area contributed by atoms with E-state index in [4.69, 9.17) is 10.7 Å². The highest BCUT2D eigenvalue weighted by atomic mass is 32.1. The minimum atomic E-state index is -5.75. The van der Waals surface area contributed by atoms with Crippen LogP contribution in [0.3, 0.4) is 0 Å². The molecule has 1 saturated carbocycles. The van der Waals surface area contributed by atoms with Crippen LogP contribution in [0.4, 0.5) is 30.7 Å². The Labute approximate surface area is 214 Å². The third-order valence-corrected chi connectivity index (χ3v) is 7.36. The number of hydrogen-bond acceptors (Lipinski definition) is 6. The Morgan fingerprint density at radius 3 is 2.21 bits per heavy atom. The van der Waals surface area contributed by atoms with Gasteiger partial charge in [-0.2, -0.15) is 26.3 Å². The summed E-state index contributed by atoms with van der Waals surface area (Å²) in [6.07, 6.45) is -9.64. The molecule has 198 valence electrons. The van der Waals surface area contributed by atoms with Gasteiger partial charge in [-0.3, -0.25) is 5.73 Å². The van der Waals surface area contributed by atoms with Crippen molar-refractivity contribution in [3.63, 3.8) is 0 Å².